The maximum absolute atomic E-state index is 10.7. The molecule has 0 saturated heterocycles. The normalized spacial score (nSPS) is 12.9. The second-order valence-electron chi connectivity index (χ2n) is 3.22. The van der Waals surface area contributed by atoms with Crippen LogP contribution < -0.4 is 0 Å². The smallest absolute Gasteiger partial charge is 0.157 e. The van der Waals surface area contributed by atoms with Crippen LogP contribution >= 0.6 is 27.5 Å². The highest BCUT2D eigenvalue weighted by Crippen LogP contribution is 2.28. The lowest BCUT2D eigenvalue weighted by atomic mass is 10.2. The Labute approximate surface area is 108 Å². The number of halogens is 2. The van der Waals surface area contributed by atoms with Crippen LogP contribution in [0.4, 0.5) is 0 Å². The molecule has 2 aromatic rings. The highest BCUT2D eigenvalue weighted by Gasteiger charge is 2.09. The lowest BCUT2D eigenvalue weighted by molar-refractivity contribution is 0.563. The molecule has 0 spiro atoms. The van der Waals surface area contributed by atoms with Crippen LogP contribution in [0.25, 0.3) is 10.9 Å². The van der Waals surface area contributed by atoms with Gasteiger partial charge in [-0.15, -0.1) is 0 Å². The van der Waals surface area contributed by atoms with Crippen molar-refractivity contribution in [3.05, 3.63) is 39.5 Å². The Bertz CT molecular complexity index is 576. The minimum atomic E-state index is -1.91. The van der Waals surface area contributed by atoms with Gasteiger partial charge in [-0.1, -0.05) is 27.5 Å². The molecule has 1 aromatic carbocycles. The Morgan fingerprint density at radius 3 is 2.94 bits per heavy atom. The van der Waals surface area contributed by atoms with Crippen LogP contribution in [0, 0.1) is 0 Å². The third kappa shape index (κ3) is 2.43. The second kappa shape index (κ2) is 4.79. The first-order valence-corrected chi connectivity index (χ1v) is 6.82. The number of rotatable bonds is 2. The van der Waals surface area contributed by atoms with Gasteiger partial charge in [0.2, 0.25) is 0 Å². The van der Waals surface area contributed by atoms with Crippen LogP contribution in [-0.4, -0.2) is 13.7 Å². The van der Waals surface area contributed by atoms with E-state index in [0.29, 0.717) is 10.6 Å². The summed E-state index contributed by atoms with van der Waals surface area (Å²) in [4.78, 5) is 4.19. The van der Waals surface area contributed by atoms with Crippen molar-refractivity contribution in [2.24, 2.45) is 0 Å². The molecule has 1 aromatic heterocycles. The molecule has 16 heavy (non-hydrogen) atoms. The van der Waals surface area contributed by atoms with Crippen LogP contribution in [0.15, 0.2) is 28.9 Å². The zero-order valence-electron chi connectivity index (χ0n) is 7.98. The number of pyridine rings is 1. The van der Waals surface area contributed by atoms with Gasteiger partial charge in [-0.05, 0) is 18.2 Å². The third-order valence-corrected chi connectivity index (χ3v) is 3.61. The number of benzene rings is 1. The molecule has 0 saturated carbocycles. The molecular weight excluding hydrogens is 314 g/mol. The van der Waals surface area contributed by atoms with Gasteiger partial charge < -0.3 is 4.55 Å². The summed E-state index contributed by atoms with van der Waals surface area (Å²) in [6.45, 7) is 0. The summed E-state index contributed by atoms with van der Waals surface area (Å²) in [5.74, 6) is -0.00567. The summed E-state index contributed by atoms with van der Waals surface area (Å²) < 4.78 is 20.5. The average molecular weight is 321 g/mol. The van der Waals surface area contributed by atoms with Crippen molar-refractivity contribution in [2.45, 2.75) is 5.75 Å². The van der Waals surface area contributed by atoms with Crippen molar-refractivity contribution in [3.63, 3.8) is 0 Å². The Hall–Kier alpha value is -0.490. The van der Waals surface area contributed by atoms with Gasteiger partial charge in [-0.3, -0.25) is 4.98 Å². The summed E-state index contributed by atoms with van der Waals surface area (Å²) >= 11 is 7.59. The van der Waals surface area contributed by atoms with Crippen molar-refractivity contribution < 1.29 is 8.76 Å². The lowest BCUT2D eigenvalue weighted by Gasteiger charge is -2.05. The topological polar surface area (TPSA) is 50.2 Å². The Morgan fingerprint density at radius 2 is 2.25 bits per heavy atom. The van der Waals surface area contributed by atoms with Gasteiger partial charge in [0, 0.05) is 21.6 Å². The third-order valence-electron chi connectivity index (χ3n) is 2.12. The summed E-state index contributed by atoms with van der Waals surface area (Å²) in [5, 5.41) is 1.26. The SMILES string of the molecule is O=S(O)Cc1cnc2ccc(Br)cc2c1Cl. The van der Waals surface area contributed by atoms with E-state index in [-0.39, 0.29) is 5.75 Å². The van der Waals surface area contributed by atoms with Gasteiger partial charge >= 0.3 is 0 Å². The minimum Gasteiger partial charge on any atom is -0.306 e. The number of fused-ring (bicyclic) bond motifs is 1. The van der Waals surface area contributed by atoms with E-state index in [0.717, 1.165) is 15.4 Å². The average Bonchev–Trinajstić information content (AvgIpc) is 2.22. The van der Waals surface area contributed by atoms with Crippen LogP contribution in [0.3, 0.4) is 0 Å². The Kier molecular flexibility index (Phi) is 3.59. The molecule has 0 aliphatic rings. The Balaban J connectivity index is 2.63. The molecule has 2 rings (SSSR count). The first-order valence-electron chi connectivity index (χ1n) is 4.38. The van der Waals surface area contributed by atoms with Crippen LogP contribution in [-0.2, 0) is 16.8 Å². The van der Waals surface area contributed by atoms with Crippen molar-refractivity contribution in [1.82, 2.24) is 4.98 Å². The second-order valence-corrected chi connectivity index (χ2v) is 5.45. The zero-order chi connectivity index (χ0) is 11.7. The molecule has 0 amide bonds. The first kappa shape index (κ1) is 12.0. The summed E-state index contributed by atoms with van der Waals surface area (Å²) in [6, 6.07) is 5.55. The van der Waals surface area contributed by atoms with E-state index in [1.165, 1.54) is 6.20 Å². The summed E-state index contributed by atoms with van der Waals surface area (Å²) in [5.41, 5.74) is 1.34. The fourth-order valence-corrected chi connectivity index (χ4v) is 2.60. The van der Waals surface area contributed by atoms with Crippen LogP contribution in [0.5, 0.6) is 0 Å². The van der Waals surface area contributed by atoms with Gasteiger partial charge in [0.1, 0.15) is 0 Å². The molecule has 1 heterocycles. The van der Waals surface area contributed by atoms with Gasteiger partial charge in [0.25, 0.3) is 0 Å². The van der Waals surface area contributed by atoms with E-state index < -0.39 is 11.1 Å². The maximum atomic E-state index is 10.7. The predicted octanol–water partition coefficient (Wildman–Crippen LogP) is 3.37. The molecule has 3 nitrogen and oxygen atoms in total. The van der Waals surface area contributed by atoms with Crippen molar-refractivity contribution in [3.8, 4) is 0 Å². The van der Waals surface area contributed by atoms with Gasteiger partial charge in [0.05, 0.1) is 16.3 Å². The maximum Gasteiger partial charge on any atom is 0.157 e. The number of hydrogen-bond acceptors (Lipinski definition) is 2. The van der Waals surface area contributed by atoms with Crippen molar-refractivity contribution in [2.75, 3.05) is 0 Å². The summed E-state index contributed by atoms with van der Waals surface area (Å²) in [7, 11) is 0. The Morgan fingerprint density at radius 1 is 1.50 bits per heavy atom. The monoisotopic (exact) mass is 319 g/mol. The molecule has 0 bridgehead atoms. The van der Waals surface area contributed by atoms with Gasteiger partial charge in [-0.2, -0.15) is 0 Å². The van der Waals surface area contributed by atoms with E-state index in [1.54, 1.807) is 0 Å². The minimum absolute atomic E-state index is 0.00567. The standard InChI is InChI=1S/C10H7BrClNO2S/c11-7-1-2-9-8(3-7)10(12)6(4-13-9)5-16(14)15/h1-4H,5H2,(H,14,15). The summed E-state index contributed by atoms with van der Waals surface area (Å²) in [6.07, 6.45) is 1.53. The molecule has 1 N–H and O–H groups in total. The molecule has 0 aliphatic carbocycles. The highest BCUT2D eigenvalue weighted by atomic mass is 79.9. The lowest BCUT2D eigenvalue weighted by Crippen LogP contribution is -1.96. The number of nitrogens with zero attached hydrogens (tertiary/aromatic N) is 1. The van der Waals surface area contributed by atoms with Crippen LogP contribution in [0.1, 0.15) is 5.56 Å². The molecule has 0 radical (unpaired) electrons. The van der Waals surface area contributed by atoms with E-state index in [1.807, 2.05) is 18.2 Å². The largest absolute Gasteiger partial charge is 0.306 e. The zero-order valence-corrected chi connectivity index (χ0v) is 11.1. The molecule has 1 atom stereocenters. The molecule has 0 aliphatic heterocycles. The number of aromatic nitrogens is 1. The fraction of sp³-hybridized carbons (Fsp3) is 0.100. The van der Waals surface area contributed by atoms with Crippen LogP contribution in [0.2, 0.25) is 5.02 Å². The van der Waals surface area contributed by atoms with E-state index in [4.69, 9.17) is 16.2 Å². The quantitative estimate of drug-likeness (QED) is 0.863. The highest BCUT2D eigenvalue weighted by molar-refractivity contribution is 9.10. The van der Waals surface area contributed by atoms with Crippen molar-refractivity contribution >= 4 is 49.5 Å². The number of hydrogen-bond donors (Lipinski definition) is 1. The van der Waals surface area contributed by atoms with E-state index in [9.17, 15) is 4.21 Å². The first-order chi connectivity index (χ1) is 7.58. The van der Waals surface area contributed by atoms with Crippen molar-refractivity contribution in [1.29, 1.82) is 0 Å². The predicted molar refractivity (Wildman–Crippen MR) is 68.9 cm³/mol. The molecule has 0 fully saturated rings. The molecular formula is C10H7BrClNO2S. The van der Waals surface area contributed by atoms with Gasteiger partial charge in [-0.25, -0.2) is 4.21 Å². The fourth-order valence-electron chi connectivity index (χ4n) is 1.41. The van der Waals surface area contributed by atoms with E-state index in [2.05, 4.69) is 20.9 Å². The van der Waals surface area contributed by atoms with Gasteiger partial charge in [0.15, 0.2) is 11.1 Å². The molecule has 84 valence electrons. The van der Waals surface area contributed by atoms with E-state index >= 15 is 0 Å². The molecule has 6 heteroatoms. The molecule has 1 unspecified atom stereocenters.